The summed E-state index contributed by atoms with van der Waals surface area (Å²) in [6.45, 7) is 2.20. The number of thiophene rings is 1. The summed E-state index contributed by atoms with van der Waals surface area (Å²) < 4.78 is 7.85. The van der Waals surface area contributed by atoms with Gasteiger partial charge in [0.15, 0.2) is 0 Å². The van der Waals surface area contributed by atoms with E-state index in [1.54, 1.807) is 11.3 Å². The molecule has 0 atom stereocenters. The third-order valence-corrected chi connectivity index (χ3v) is 6.55. The molecule has 0 saturated carbocycles. The number of hydrogen-bond donors (Lipinski definition) is 1. The van der Waals surface area contributed by atoms with Crippen LogP contribution < -0.4 is 10.1 Å². The fourth-order valence-corrected chi connectivity index (χ4v) is 4.86. The van der Waals surface area contributed by atoms with Crippen LogP contribution >= 0.6 is 22.7 Å². The van der Waals surface area contributed by atoms with Gasteiger partial charge in [0.05, 0.1) is 11.4 Å². The number of nitrogens with one attached hydrogen (secondary N) is 1. The largest absolute Gasteiger partial charge is 0.487 e. The minimum absolute atomic E-state index is 0.172. The van der Waals surface area contributed by atoms with Crippen molar-refractivity contribution in [2.24, 2.45) is 0 Å². The molecule has 0 aliphatic rings. The SMILES string of the molecule is Cc1nc(-c2ccsc2)sc1C(=O)Nc1cccc(OCc2cn3ccccc3n2)c1. The van der Waals surface area contributed by atoms with Gasteiger partial charge in [0.2, 0.25) is 0 Å². The van der Waals surface area contributed by atoms with Crippen molar-refractivity contribution in [3.8, 4) is 16.3 Å². The van der Waals surface area contributed by atoms with Crippen molar-refractivity contribution in [3.63, 3.8) is 0 Å². The topological polar surface area (TPSA) is 68.5 Å². The van der Waals surface area contributed by atoms with E-state index in [2.05, 4.69) is 15.3 Å². The van der Waals surface area contributed by atoms with Gasteiger partial charge in [0.1, 0.15) is 27.9 Å². The standard InChI is InChI=1S/C23H18N4O2S2/c1-15-21(31-23(24-15)16-8-10-30-14-16)22(28)26-17-5-4-6-19(11-17)29-13-18-12-27-9-3-2-7-20(27)25-18/h2-12,14H,13H2,1H3,(H,26,28). The predicted octanol–water partition coefficient (Wildman–Crippen LogP) is 5.66. The highest BCUT2D eigenvalue weighted by atomic mass is 32.1. The molecular weight excluding hydrogens is 428 g/mol. The van der Waals surface area contributed by atoms with Gasteiger partial charge >= 0.3 is 0 Å². The van der Waals surface area contributed by atoms with E-state index in [1.807, 2.05) is 83.0 Å². The first-order valence-electron chi connectivity index (χ1n) is 9.62. The molecule has 6 nitrogen and oxygen atoms in total. The molecule has 4 aromatic heterocycles. The summed E-state index contributed by atoms with van der Waals surface area (Å²) in [5.41, 5.74) is 4.15. The second-order valence-corrected chi connectivity index (χ2v) is 8.69. The van der Waals surface area contributed by atoms with E-state index < -0.39 is 0 Å². The fourth-order valence-electron chi connectivity index (χ4n) is 3.18. The second-order valence-electron chi connectivity index (χ2n) is 6.91. The van der Waals surface area contributed by atoms with Crippen LogP contribution in [0.1, 0.15) is 21.1 Å². The summed E-state index contributed by atoms with van der Waals surface area (Å²) >= 11 is 3.01. The maximum absolute atomic E-state index is 12.8. The summed E-state index contributed by atoms with van der Waals surface area (Å²) in [6.07, 6.45) is 3.89. The van der Waals surface area contributed by atoms with Crippen LogP contribution in [0.2, 0.25) is 0 Å². The Hall–Kier alpha value is -3.49. The zero-order valence-electron chi connectivity index (χ0n) is 16.6. The summed E-state index contributed by atoms with van der Waals surface area (Å²) in [5, 5.41) is 7.84. The number of ether oxygens (including phenoxy) is 1. The van der Waals surface area contributed by atoms with Crippen molar-refractivity contribution in [1.29, 1.82) is 0 Å². The number of hydrogen-bond acceptors (Lipinski definition) is 6. The highest BCUT2D eigenvalue weighted by Gasteiger charge is 2.17. The number of carbonyl (C=O) groups excluding carboxylic acids is 1. The number of nitrogens with zero attached hydrogens (tertiary/aromatic N) is 3. The molecule has 1 N–H and O–H groups in total. The van der Waals surface area contributed by atoms with Crippen LogP contribution in [0.3, 0.4) is 0 Å². The molecule has 0 spiro atoms. The molecule has 5 rings (SSSR count). The van der Waals surface area contributed by atoms with Crippen molar-refractivity contribution in [3.05, 3.63) is 87.9 Å². The Labute approximate surface area is 186 Å². The van der Waals surface area contributed by atoms with Gasteiger partial charge in [-0.2, -0.15) is 11.3 Å². The molecule has 0 unspecified atom stereocenters. The van der Waals surface area contributed by atoms with E-state index in [-0.39, 0.29) is 5.91 Å². The molecule has 0 radical (unpaired) electrons. The lowest BCUT2D eigenvalue weighted by Crippen LogP contribution is -2.11. The first-order valence-corrected chi connectivity index (χ1v) is 11.4. The van der Waals surface area contributed by atoms with Crippen molar-refractivity contribution in [2.75, 3.05) is 5.32 Å². The molecule has 154 valence electrons. The summed E-state index contributed by atoms with van der Waals surface area (Å²) in [5.74, 6) is 0.490. The first kappa shape index (κ1) is 19.5. The number of pyridine rings is 1. The number of fused-ring (bicyclic) bond motifs is 1. The van der Waals surface area contributed by atoms with Crippen LogP contribution in [-0.2, 0) is 6.61 Å². The third-order valence-electron chi connectivity index (χ3n) is 4.66. The van der Waals surface area contributed by atoms with Gasteiger partial charge in [-0.05, 0) is 42.6 Å². The molecule has 0 bridgehead atoms. The summed E-state index contributed by atoms with van der Waals surface area (Å²) in [6, 6.07) is 15.2. The minimum Gasteiger partial charge on any atom is -0.487 e. The van der Waals surface area contributed by atoms with Crippen molar-refractivity contribution >= 4 is 39.9 Å². The van der Waals surface area contributed by atoms with Gasteiger partial charge in [-0.3, -0.25) is 4.79 Å². The van der Waals surface area contributed by atoms with Gasteiger partial charge < -0.3 is 14.5 Å². The quantitative estimate of drug-likeness (QED) is 0.365. The summed E-state index contributed by atoms with van der Waals surface area (Å²) in [4.78, 5) is 22.5. The molecular formula is C23H18N4O2S2. The zero-order chi connectivity index (χ0) is 21.2. The summed E-state index contributed by atoms with van der Waals surface area (Å²) in [7, 11) is 0. The van der Waals surface area contributed by atoms with E-state index in [0.717, 1.165) is 27.6 Å². The van der Waals surface area contributed by atoms with E-state index in [9.17, 15) is 4.79 Å². The number of anilines is 1. The Morgan fingerprint density at radius 3 is 2.94 bits per heavy atom. The van der Waals surface area contributed by atoms with E-state index in [1.165, 1.54) is 11.3 Å². The Kier molecular flexibility index (Phi) is 5.23. The molecule has 4 heterocycles. The molecule has 31 heavy (non-hydrogen) atoms. The number of carbonyl (C=O) groups is 1. The number of imidazole rings is 1. The Morgan fingerprint density at radius 2 is 2.10 bits per heavy atom. The maximum Gasteiger partial charge on any atom is 0.267 e. The maximum atomic E-state index is 12.8. The lowest BCUT2D eigenvalue weighted by molar-refractivity contribution is 0.103. The van der Waals surface area contributed by atoms with Gasteiger partial charge in [-0.15, -0.1) is 11.3 Å². The Bertz CT molecular complexity index is 1320. The molecule has 0 fully saturated rings. The van der Waals surface area contributed by atoms with Gasteiger partial charge in [0, 0.05) is 35.1 Å². The van der Waals surface area contributed by atoms with Crippen LogP contribution in [0.5, 0.6) is 5.75 Å². The highest BCUT2D eigenvalue weighted by molar-refractivity contribution is 7.17. The number of thiazole rings is 1. The lowest BCUT2D eigenvalue weighted by Gasteiger charge is -2.08. The average Bonchev–Trinajstić information content (AvgIpc) is 3.51. The van der Waals surface area contributed by atoms with Gasteiger partial charge in [0.25, 0.3) is 5.91 Å². The van der Waals surface area contributed by atoms with Crippen LogP contribution in [0.25, 0.3) is 16.2 Å². The second kappa shape index (κ2) is 8.33. The normalized spacial score (nSPS) is 11.0. The Balaban J connectivity index is 1.27. The third kappa shape index (κ3) is 4.21. The number of amides is 1. The number of benzene rings is 1. The molecule has 1 amide bonds. The smallest absolute Gasteiger partial charge is 0.267 e. The van der Waals surface area contributed by atoms with Gasteiger partial charge in [-0.1, -0.05) is 12.1 Å². The monoisotopic (exact) mass is 446 g/mol. The first-order chi connectivity index (χ1) is 15.2. The molecule has 5 aromatic rings. The van der Waals surface area contributed by atoms with Crippen molar-refractivity contribution in [2.45, 2.75) is 13.5 Å². The molecule has 0 aliphatic heterocycles. The van der Waals surface area contributed by atoms with Crippen molar-refractivity contribution < 1.29 is 9.53 Å². The number of aromatic nitrogens is 3. The van der Waals surface area contributed by atoms with Crippen LogP contribution in [0.4, 0.5) is 5.69 Å². The Morgan fingerprint density at radius 1 is 1.16 bits per heavy atom. The molecule has 0 saturated heterocycles. The van der Waals surface area contributed by atoms with E-state index in [4.69, 9.17) is 4.74 Å². The fraction of sp³-hybridized carbons (Fsp3) is 0.0870. The van der Waals surface area contributed by atoms with Crippen LogP contribution in [0.15, 0.2) is 71.7 Å². The lowest BCUT2D eigenvalue weighted by atomic mass is 10.3. The van der Waals surface area contributed by atoms with Crippen molar-refractivity contribution in [1.82, 2.24) is 14.4 Å². The van der Waals surface area contributed by atoms with E-state index >= 15 is 0 Å². The highest BCUT2D eigenvalue weighted by Crippen LogP contribution is 2.30. The predicted molar refractivity (Wildman–Crippen MR) is 124 cm³/mol. The average molecular weight is 447 g/mol. The number of aryl methyl sites for hydroxylation is 1. The number of rotatable bonds is 6. The van der Waals surface area contributed by atoms with Crippen LogP contribution in [0, 0.1) is 6.92 Å². The van der Waals surface area contributed by atoms with Crippen LogP contribution in [-0.4, -0.2) is 20.3 Å². The minimum atomic E-state index is -0.172. The molecule has 8 heteroatoms. The molecule has 1 aromatic carbocycles. The van der Waals surface area contributed by atoms with Gasteiger partial charge in [-0.25, -0.2) is 9.97 Å². The zero-order valence-corrected chi connectivity index (χ0v) is 18.2. The molecule has 0 aliphatic carbocycles. The van der Waals surface area contributed by atoms with E-state index in [0.29, 0.717) is 22.9 Å².